The molecule has 160 valence electrons. The molecule has 0 atom stereocenters. The molecule has 0 aliphatic carbocycles. The number of carbonyl (C=O) groups excluding carboxylic acids is 1. The maximum atomic E-state index is 12.2. The maximum absolute atomic E-state index is 12.2. The van der Waals surface area contributed by atoms with Gasteiger partial charge in [-0.1, -0.05) is 61.5 Å². The van der Waals surface area contributed by atoms with Crippen molar-refractivity contribution in [3.8, 4) is 0 Å². The van der Waals surface area contributed by atoms with E-state index < -0.39 is 0 Å². The number of nitrogens with one attached hydrogen (secondary N) is 1. The second-order valence-electron chi connectivity index (χ2n) is 7.24. The van der Waals surface area contributed by atoms with Crippen LogP contribution in [0, 0.1) is 5.92 Å². The number of benzene rings is 1. The number of hydrogen-bond acceptors (Lipinski definition) is 5. The number of hydrogen-bond donors (Lipinski definition) is 1. The van der Waals surface area contributed by atoms with Crippen molar-refractivity contribution in [1.29, 1.82) is 0 Å². The molecule has 0 spiro atoms. The lowest BCUT2D eigenvalue weighted by Crippen LogP contribution is -2.25. The summed E-state index contributed by atoms with van der Waals surface area (Å²) in [6.45, 7) is 13.8. The number of nitrogens with zero attached hydrogens (tertiary/aromatic N) is 3. The Morgan fingerprint density at radius 3 is 2.47 bits per heavy atom. The molecule has 0 bridgehead atoms. The Morgan fingerprint density at radius 1 is 1.20 bits per heavy atom. The molecule has 30 heavy (non-hydrogen) atoms. The zero-order valence-electron chi connectivity index (χ0n) is 17.6. The Labute approximate surface area is 188 Å². The summed E-state index contributed by atoms with van der Waals surface area (Å²) in [7, 11) is 0. The molecule has 0 unspecified atom stereocenters. The van der Waals surface area contributed by atoms with Crippen LogP contribution in [0.1, 0.15) is 36.2 Å². The van der Waals surface area contributed by atoms with Crippen LogP contribution in [-0.2, 0) is 5.75 Å². The molecule has 2 rings (SSSR count). The van der Waals surface area contributed by atoms with Crippen LogP contribution in [0.3, 0.4) is 0 Å². The first-order valence-electron chi connectivity index (χ1n) is 9.94. The molecule has 1 amide bonds. The van der Waals surface area contributed by atoms with Crippen LogP contribution in [0.2, 0.25) is 5.15 Å². The van der Waals surface area contributed by atoms with Gasteiger partial charge in [-0.25, -0.2) is 9.97 Å². The summed E-state index contributed by atoms with van der Waals surface area (Å²) in [5.41, 5.74) is 1.75. The maximum Gasteiger partial charge on any atom is 0.251 e. The zero-order valence-corrected chi connectivity index (χ0v) is 19.2. The second kappa shape index (κ2) is 12.4. The molecule has 0 aliphatic heterocycles. The number of halogens is 1. The molecule has 7 heteroatoms. The van der Waals surface area contributed by atoms with Crippen LogP contribution >= 0.6 is 23.4 Å². The van der Waals surface area contributed by atoms with Gasteiger partial charge in [0, 0.05) is 37.0 Å². The minimum atomic E-state index is -0.0396. The van der Waals surface area contributed by atoms with Gasteiger partial charge in [0.05, 0.1) is 0 Å². The highest BCUT2D eigenvalue weighted by Gasteiger charge is 2.11. The quantitative estimate of drug-likeness (QED) is 0.206. The predicted octanol–water partition coefficient (Wildman–Crippen LogP) is 5.38. The van der Waals surface area contributed by atoms with E-state index in [0.717, 1.165) is 17.8 Å². The Hall–Kier alpha value is -2.31. The van der Waals surface area contributed by atoms with Crippen LogP contribution in [0.5, 0.6) is 0 Å². The topological polar surface area (TPSA) is 58.1 Å². The first-order valence-corrected chi connectivity index (χ1v) is 11.3. The van der Waals surface area contributed by atoms with Gasteiger partial charge in [-0.15, -0.1) is 13.2 Å². The summed E-state index contributed by atoms with van der Waals surface area (Å²) in [5.74, 6) is 1.95. The van der Waals surface area contributed by atoms with Gasteiger partial charge < -0.3 is 10.2 Å². The summed E-state index contributed by atoms with van der Waals surface area (Å²) in [5, 5.41) is 3.95. The summed E-state index contributed by atoms with van der Waals surface area (Å²) in [4.78, 5) is 23.1. The number of rotatable bonds is 12. The van der Waals surface area contributed by atoms with Gasteiger partial charge in [0.1, 0.15) is 11.0 Å². The van der Waals surface area contributed by atoms with E-state index in [4.69, 9.17) is 11.6 Å². The summed E-state index contributed by atoms with van der Waals surface area (Å²) in [6.07, 6.45) is 4.60. The van der Waals surface area contributed by atoms with Crippen LogP contribution in [0.25, 0.3) is 0 Å². The molecule has 0 radical (unpaired) electrons. The van der Waals surface area contributed by atoms with E-state index in [1.54, 1.807) is 6.07 Å². The highest BCUT2D eigenvalue weighted by molar-refractivity contribution is 7.98. The first kappa shape index (κ1) is 24.0. The third-order valence-corrected chi connectivity index (χ3v) is 5.39. The summed E-state index contributed by atoms with van der Waals surface area (Å²) >= 11 is 7.71. The Morgan fingerprint density at radius 2 is 1.87 bits per heavy atom. The van der Waals surface area contributed by atoms with Crippen molar-refractivity contribution in [1.82, 2.24) is 15.3 Å². The van der Waals surface area contributed by atoms with E-state index in [1.807, 2.05) is 41.3 Å². The van der Waals surface area contributed by atoms with Crippen molar-refractivity contribution in [2.75, 3.05) is 24.5 Å². The highest BCUT2D eigenvalue weighted by atomic mass is 35.5. The van der Waals surface area contributed by atoms with Crippen molar-refractivity contribution in [2.24, 2.45) is 5.92 Å². The lowest BCUT2D eigenvalue weighted by molar-refractivity contribution is 0.0952. The molecule has 0 saturated carbocycles. The second-order valence-corrected chi connectivity index (χ2v) is 8.57. The van der Waals surface area contributed by atoms with E-state index in [0.29, 0.717) is 47.2 Å². The van der Waals surface area contributed by atoms with Gasteiger partial charge in [-0.3, -0.25) is 4.79 Å². The van der Waals surface area contributed by atoms with Crippen molar-refractivity contribution in [3.05, 3.63) is 71.9 Å². The molecule has 2 aromatic rings. The van der Waals surface area contributed by atoms with E-state index in [2.05, 4.69) is 42.3 Å². The third kappa shape index (κ3) is 7.84. The SMILES string of the molecule is C=CCN(CC=C)c1cc(Cl)nc(SCc2ccc(C(=O)NCCC(C)C)cc2)n1. The van der Waals surface area contributed by atoms with Crippen molar-refractivity contribution < 1.29 is 4.79 Å². The Balaban J connectivity index is 1.99. The molecular weight excluding hydrogens is 416 g/mol. The number of anilines is 1. The molecule has 0 fully saturated rings. The van der Waals surface area contributed by atoms with E-state index >= 15 is 0 Å². The standard InChI is InChI=1S/C23H29ClN4OS/c1-5-13-28(14-6-2)21-15-20(24)26-23(27-21)30-16-18-7-9-19(10-8-18)22(29)25-12-11-17(3)4/h5-10,15,17H,1-2,11-14,16H2,3-4H3,(H,25,29). The van der Waals surface area contributed by atoms with Crippen molar-refractivity contribution in [3.63, 3.8) is 0 Å². The number of amides is 1. The Kier molecular flexibility index (Phi) is 9.91. The fourth-order valence-corrected chi connectivity index (χ4v) is 3.70. The summed E-state index contributed by atoms with van der Waals surface area (Å²) in [6, 6.07) is 9.35. The lowest BCUT2D eigenvalue weighted by Gasteiger charge is -2.20. The zero-order chi connectivity index (χ0) is 21.9. The smallest absolute Gasteiger partial charge is 0.251 e. The molecule has 0 saturated heterocycles. The number of thioether (sulfide) groups is 1. The molecular formula is C23H29ClN4OS. The monoisotopic (exact) mass is 444 g/mol. The average Bonchev–Trinajstić information content (AvgIpc) is 2.72. The van der Waals surface area contributed by atoms with E-state index in [1.165, 1.54) is 11.8 Å². The van der Waals surface area contributed by atoms with Crippen LogP contribution in [-0.4, -0.2) is 35.5 Å². The fourth-order valence-electron chi connectivity index (χ4n) is 2.66. The van der Waals surface area contributed by atoms with Crippen molar-refractivity contribution >= 4 is 35.1 Å². The van der Waals surface area contributed by atoms with E-state index in [9.17, 15) is 4.79 Å². The van der Waals surface area contributed by atoms with Crippen LogP contribution in [0.4, 0.5) is 5.82 Å². The molecule has 0 aliphatic rings. The molecule has 1 N–H and O–H groups in total. The van der Waals surface area contributed by atoms with Crippen molar-refractivity contribution in [2.45, 2.75) is 31.2 Å². The lowest BCUT2D eigenvalue weighted by atomic mass is 10.1. The first-order chi connectivity index (χ1) is 14.4. The van der Waals surface area contributed by atoms with Gasteiger partial charge in [0.15, 0.2) is 5.16 Å². The largest absolute Gasteiger partial charge is 0.352 e. The van der Waals surface area contributed by atoms with Gasteiger partial charge in [-0.05, 0) is 30.0 Å². The molecule has 1 aromatic carbocycles. The Bertz CT molecular complexity index is 845. The van der Waals surface area contributed by atoms with Crippen LogP contribution < -0.4 is 10.2 Å². The molecule has 1 heterocycles. The third-order valence-electron chi connectivity index (χ3n) is 4.28. The summed E-state index contributed by atoms with van der Waals surface area (Å²) < 4.78 is 0. The fraction of sp³-hybridized carbons (Fsp3) is 0.348. The minimum Gasteiger partial charge on any atom is -0.352 e. The van der Waals surface area contributed by atoms with E-state index in [-0.39, 0.29) is 5.91 Å². The minimum absolute atomic E-state index is 0.0396. The molecule has 5 nitrogen and oxygen atoms in total. The van der Waals surface area contributed by atoms with Gasteiger partial charge in [-0.2, -0.15) is 0 Å². The normalized spacial score (nSPS) is 10.7. The number of carbonyl (C=O) groups is 1. The number of aromatic nitrogens is 2. The van der Waals surface area contributed by atoms with Gasteiger partial charge >= 0.3 is 0 Å². The van der Waals surface area contributed by atoms with Crippen LogP contribution in [0.15, 0.2) is 60.8 Å². The van der Waals surface area contributed by atoms with Gasteiger partial charge in [0.2, 0.25) is 0 Å². The van der Waals surface area contributed by atoms with Gasteiger partial charge in [0.25, 0.3) is 5.91 Å². The average molecular weight is 445 g/mol. The predicted molar refractivity (Wildman–Crippen MR) is 127 cm³/mol. The highest BCUT2D eigenvalue weighted by Crippen LogP contribution is 2.25. The molecule has 1 aromatic heterocycles.